The standard InChI is InChI=1S/C13H16N4S/c1-9-3-5-11(6-4-9)18-8-13-15-10(2)7-12(16-13)17-14/h3-7H,8,14H2,1-2H3,(H,15,16,17). The van der Waals surface area contributed by atoms with Gasteiger partial charge >= 0.3 is 0 Å². The molecular weight excluding hydrogens is 244 g/mol. The highest BCUT2D eigenvalue weighted by molar-refractivity contribution is 7.98. The summed E-state index contributed by atoms with van der Waals surface area (Å²) in [4.78, 5) is 9.92. The Morgan fingerprint density at radius 2 is 1.89 bits per heavy atom. The first-order valence-corrected chi connectivity index (χ1v) is 6.66. The molecule has 0 unspecified atom stereocenters. The second-order valence-electron chi connectivity index (χ2n) is 4.06. The van der Waals surface area contributed by atoms with Gasteiger partial charge in [-0.3, -0.25) is 0 Å². The summed E-state index contributed by atoms with van der Waals surface area (Å²) in [5, 5.41) is 0. The first-order chi connectivity index (χ1) is 8.67. The first-order valence-electron chi connectivity index (χ1n) is 5.68. The van der Waals surface area contributed by atoms with Gasteiger partial charge in [0.1, 0.15) is 11.6 Å². The third-order valence-electron chi connectivity index (χ3n) is 2.44. The van der Waals surface area contributed by atoms with Crippen LogP contribution >= 0.6 is 11.8 Å². The maximum atomic E-state index is 5.36. The summed E-state index contributed by atoms with van der Waals surface area (Å²) in [5.41, 5.74) is 4.73. The van der Waals surface area contributed by atoms with Gasteiger partial charge in [0.25, 0.3) is 0 Å². The van der Waals surface area contributed by atoms with Crippen molar-refractivity contribution in [3.05, 3.63) is 47.4 Å². The van der Waals surface area contributed by atoms with Crippen LogP contribution in [0.2, 0.25) is 0 Å². The summed E-state index contributed by atoms with van der Waals surface area (Å²) in [6.07, 6.45) is 0. The van der Waals surface area contributed by atoms with E-state index in [2.05, 4.69) is 46.6 Å². The van der Waals surface area contributed by atoms with Crippen molar-refractivity contribution >= 4 is 17.6 Å². The molecule has 0 radical (unpaired) electrons. The molecule has 0 spiro atoms. The summed E-state index contributed by atoms with van der Waals surface area (Å²) in [5.74, 6) is 7.54. The second kappa shape index (κ2) is 5.84. The van der Waals surface area contributed by atoms with Gasteiger partial charge in [0.15, 0.2) is 0 Å². The number of rotatable bonds is 4. The molecule has 0 aliphatic carbocycles. The first kappa shape index (κ1) is 12.9. The third-order valence-corrected chi connectivity index (χ3v) is 3.45. The van der Waals surface area contributed by atoms with Gasteiger partial charge < -0.3 is 5.43 Å². The fourth-order valence-electron chi connectivity index (χ4n) is 1.55. The summed E-state index contributed by atoms with van der Waals surface area (Å²) in [7, 11) is 0. The maximum absolute atomic E-state index is 5.36. The minimum atomic E-state index is 0.655. The van der Waals surface area contributed by atoms with Crippen molar-refractivity contribution in [2.24, 2.45) is 5.84 Å². The van der Waals surface area contributed by atoms with Crippen LogP contribution in [0.1, 0.15) is 17.1 Å². The molecule has 1 aromatic carbocycles. The highest BCUT2D eigenvalue weighted by Gasteiger charge is 2.02. The quantitative estimate of drug-likeness (QED) is 0.502. The van der Waals surface area contributed by atoms with Crippen LogP contribution in [0.4, 0.5) is 5.82 Å². The van der Waals surface area contributed by atoms with Gasteiger partial charge in [-0.25, -0.2) is 15.8 Å². The van der Waals surface area contributed by atoms with Crippen LogP contribution in [0, 0.1) is 13.8 Å². The highest BCUT2D eigenvalue weighted by atomic mass is 32.2. The molecule has 0 saturated heterocycles. The Labute approximate surface area is 111 Å². The number of aryl methyl sites for hydroxylation is 2. The zero-order chi connectivity index (χ0) is 13.0. The molecule has 1 aromatic heterocycles. The van der Waals surface area contributed by atoms with Gasteiger partial charge in [0.2, 0.25) is 0 Å². The van der Waals surface area contributed by atoms with E-state index in [0.717, 1.165) is 17.3 Å². The van der Waals surface area contributed by atoms with E-state index in [0.29, 0.717) is 5.82 Å². The zero-order valence-electron chi connectivity index (χ0n) is 10.5. The van der Waals surface area contributed by atoms with Crippen LogP contribution in [-0.2, 0) is 5.75 Å². The van der Waals surface area contributed by atoms with Gasteiger partial charge in [-0.1, -0.05) is 17.7 Å². The molecule has 0 bridgehead atoms. The lowest BCUT2D eigenvalue weighted by molar-refractivity contribution is 0.990. The van der Waals surface area contributed by atoms with Gasteiger partial charge in [0, 0.05) is 16.7 Å². The van der Waals surface area contributed by atoms with E-state index in [9.17, 15) is 0 Å². The molecule has 3 N–H and O–H groups in total. The number of nitrogens with one attached hydrogen (secondary N) is 1. The Morgan fingerprint density at radius 1 is 1.17 bits per heavy atom. The average Bonchev–Trinajstić information content (AvgIpc) is 2.37. The van der Waals surface area contributed by atoms with Gasteiger partial charge in [-0.15, -0.1) is 11.8 Å². The minimum Gasteiger partial charge on any atom is -0.308 e. The summed E-state index contributed by atoms with van der Waals surface area (Å²) in [6, 6.07) is 10.2. The molecular formula is C13H16N4S. The predicted molar refractivity (Wildman–Crippen MR) is 75.3 cm³/mol. The topological polar surface area (TPSA) is 63.8 Å². The molecule has 4 nitrogen and oxygen atoms in total. The van der Waals surface area contributed by atoms with Crippen LogP contribution in [0.3, 0.4) is 0 Å². The molecule has 0 atom stereocenters. The number of thioether (sulfide) groups is 1. The average molecular weight is 260 g/mol. The van der Waals surface area contributed by atoms with E-state index < -0.39 is 0 Å². The maximum Gasteiger partial charge on any atom is 0.143 e. The van der Waals surface area contributed by atoms with Crippen molar-refractivity contribution in [1.82, 2.24) is 9.97 Å². The molecule has 0 aliphatic rings. The van der Waals surface area contributed by atoms with E-state index in [1.54, 1.807) is 11.8 Å². The number of aromatic nitrogens is 2. The van der Waals surface area contributed by atoms with Crippen LogP contribution in [-0.4, -0.2) is 9.97 Å². The van der Waals surface area contributed by atoms with Crippen molar-refractivity contribution in [2.45, 2.75) is 24.5 Å². The zero-order valence-corrected chi connectivity index (χ0v) is 11.3. The Balaban J connectivity index is 2.05. The van der Waals surface area contributed by atoms with E-state index in [1.165, 1.54) is 10.5 Å². The van der Waals surface area contributed by atoms with E-state index in [4.69, 9.17) is 5.84 Å². The van der Waals surface area contributed by atoms with Gasteiger partial charge in [0.05, 0.1) is 5.75 Å². The van der Waals surface area contributed by atoms with Crippen molar-refractivity contribution in [2.75, 3.05) is 5.43 Å². The lowest BCUT2D eigenvalue weighted by atomic mass is 10.2. The molecule has 2 aromatic rings. The second-order valence-corrected chi connectivity index (χ2v) is 5.11. The molecule has 0 amide bonds. The number of hydrogen-bond acceptors (Lipinski definition) is 5. The van der Waals surface area contributed by atoms with E-state index in [-0.39, 0.29) is 0 Å². The lowest BCUT2D eigenvalue weighted by Gasteiger charge is -2.05. The highest BCUT2D eigenvalue weighted by Crippen LogP contribution is 2.22. The molecule has 94 valence electrons. The lowest BCUT2D eigenvalue weighted by Crippen LogP contribution is -2.10. The van der Waals surface area contributed by atoms with Crippen molar-refractivity contribution in [3.63, 3.8) is 0 Å². The Hall–Kier alpha value is -1.59. The number of nitrogens with two attached hydrogens (primary N) is 1. The molecule has 2 rings (SSSR count). The third kappa shape index (κ3) is 3.45. The summed E-state index contributed by atoms with van der Waals surface area (Å²) in [6.45, 7) is 4.01. The Bertz CT molecular complexity index is 525. The largest absolute Gasteiger partial charge is 0.308 e. The molecule has 0 fully saturated rings. The van der Waals surface area contributed by atoms with Crippen LogP contribution in [0.15, 0.2) is 35.2 Å². The van der Waals surface area contributed by atoms with E-state index >= 15 is 0 Å². The van der Waals surface area contributed by atoms with Crippen LogP contribution in [0.25, 0.3) is 0 Å². The molecule has 18 heavy (non-hydrogen) atoms. The SMILES string of the molecule is Cc1ccc(SCc2nc(C)cc(NN)n2)cc1. The molecule has 0 saturated carbocycles. The van der Waals surface area contributed by atoms with Crippen LogP contribution in [0.5, 0.6) is 0 Å². The van der Waals surface area contributed by atoms with E-state index in [1.807, 2.05) is 13.0 Å². The number of anilines is 1. The van der Waals surface area contributed by atoms with Crippen molar-refractivity contribution in [3.8, 4) is 0 Å². The van der Waals surface area contributed by atoms with Crippen LogP contribution < -0.4 is 11.3 Å². The number of nitrogen functional groups attached to an aromatic ring is 1. The van der Waals surface area contributed by atoms with Gasteiger partial charge in [-0.05, 0) is 26.0 Å². The number of hydrogen-bond donors (Lipinski definition) is 2. The molecule has 0 aliphatic heterocycles. The van der Waals surface area contributed by atoms with Crippen molar-refractivity contribution in [1.29, 1.82) is 0 Å². The molecule has 5 heteroatoms. The predicted octanol–water partition coefficient (Wildman–Crippen LogP) is 2.67. The summed E-state index contributed by atoms with van der Waals surface area (Å²) < 4.78 is 0. The number of nitrogens with zero attached hydrogens (tertiary/aromatic N) is 2. The fraction of sp³-hybridized carbons (Fsp3) is 0.231. The number of hydrazine groups is 1. The summed E-state index contributed by atoms with van der Waals surface area (Å²) >= 11 is 1.72. The smallest absolute Gasteiger partial charge is 0.143 e. The number of benzene rings is 1. The Kier molecular flexibility index (Phi) is 4.17. The normalized spacial score (nSPS) is 10.4. The Morgan fingerprint density at radius 3 is 2.56 bits per heavy atom. The van der Waals surface area contributed by atoms with Gasteiger partial charge in [-0.2, -0.15) is 0 Å². The molecule has 1 heterocycles. The van der Waals surface area contributed by atoms with Crippen molar-refractivity contribution < 1.29 is 0 Å². The minimum absolute atomic E-state index is 0.655. The monoisotopic (exact) mass is 260 g/mol. The fourth-order valence-corrected chi connectivity index (χ4v) is 2.30.